The minimum Gasteiger partial charge on any atom is -0.508 e. The normalized spacial score (nSPS) is 11.8. The van der Waals surface area contributed by atoms with Gasteiger partial charge in [-0.25, -0.2) is 0 Å². The largest absolute Gasteiger partial charge is 0.508 e. The number of phenols is 1. The number of halogens is 2. The van der Waals surface area contributed by atoms with Crippen molar-refractivity contribution in [3.63, 3.8) is 0 Å². The van der Waals surface area contributed by atoms with Gasteiger partial charge in [-0.05, 0) is 19.9 Å². The summed E-state index contributed by atoms with van der Waals surface area (Å²) in [5.74, 6) is 0.0712. The average Bonchev–Trinajstić information content (AvgIpc) is 1.94. The van der Waals surface area contributed by atoms with Crippen molar-refractivity contribution in [1.29, 1.82) is 0 Å². The van der Waals surface area contributed by atoms with E-state index in [0.717, 1.165) is 0 Å². The summed E-state index contributed by atoms with van der Waals surface area (Å²) in [6.07, 6.45) is 0. The number of hydrogen-bond donors (Lipinski definition) is 2. The van der Waals surface area contributed by atoms with Crippen molar-refractivity contribution < 1.29 is 5.11 Å². The van der Waals surface area contributed by atoms with Crippen LogP contribution in [0.25, 0.3) is 0 Å². The Morgan fingerprint density at radius 1 is 1.23 bits per heavy atom. The van der Waals surface area contributed by atoms with Crippen LogP contribution in [-0.2, 0) is 5.54 Å². The van der Waals surface area contributed by atoms with E-state index in [1.54, 1.807) is 19.9 Å². The smallest absolute Gasteiger partial charge is 0.122 e. The molecule has 0 bridgehead atoms. The molecule has 1 rings (SSSR count). The van der Waals surface area contributed by atoms with Crippen molar-refractivity contribution in [2.24, 2.45) is 5.73 Å². The van der Waals surface area contributed by atoms with Gasteiger partial charge in [0.15, 0.2) is 0 Å². The van der Waals surface area contributed by atoms with E-state index in [0.29, 0.717) is 15.6 Å². The maximum absolute atomic E-state index is 9.53. The Bertz CT molecular complexity index is 331. The van der Waals surface area contributed by atoms with Crippen LogP contribution in [0.4, 0.5) is 0 Å². The number of aromatic hydroxyl groups is 1. The van der Waals surface area contributed by atoms with Crippen molar-refractivity contribution >= 4 is 23.2 Å². The minimum atomic E-state index is -0.627. The van der Waals surface area contributed by atoms with E-state index in [1.165, 1.54) is 6.07 Å². The third kappa shape index (κ3) is 2.27. The molecule has 0 atom stereocenters. The first-order valence-electron chi connectivity index (χ1n) is 3.79. The first kappa shape index (κ1) is 10.6. The molecule has 1 aromatic carbocycles. The van der Waals surface area contributed by atoms with Crippen LogP contribution in [0.2, 0.25) is 10.0 Å². The number of hydrogen-bond acceptors (Lipinski definition) is 2. The first-order valence-corrected chi connectivity index (χ1v) is 4.55. The second kappa shape index (κ2) is 3.37. The topological polar surface area (TPSA) is 46.2 Å². The van der Waals surface area contributed by atoms with Crippen molar-refractivity contribution in [3.8, 4) is 5.75 Å². The van der Waals surface area contributed by atoms with Crippen molar-refractivity contribution in [2.45, 2.75) is 19.4 Å². The fourth-order valence-electron chi connectivity index (χ4n) is 1.05. The highest BCUT2D eigenvalue weighted by Crippen LogP contribution is 2.34. The first-order chi connectivity index (χ1) is 5.82. The highest BCUT2D eigenvalue weighted by atomic mass is 35.5. The van der Waals surface area contributed by atoms with E-state index < -0.39 is 5.54 Å². The molecule has 72 valence electrons. The standard InChI is InChI=1S/C9H11Cl2NO/c1-9(2,12)5-3-6(10)7(11)4-8(5)13/h3-4,13H,12H2,1-2H3. The molecular weight excluding hydrogens is 209 g/mol. The Morgan fingerprint density at radius 2 is 1.69 bits per heavy atom. The zero-order valence-electron chi connectivity index (χ0n) is 7.44. The summed E-state index contributed by atoms with van der Waals surface area (Å²) in [4.78, 5) is 0. The summed E-state index contributed by atoms with van der Waals surface area (Å²) in [6.45, 7) is 3.57. The van der Waals surface area contributed by atoms with Gasteiger partial charge in [0, 0.05) is 17.2 Å². The predicted octanol–water partition coefficient (Wildman–Crippen LogP) is 2.89. The van der Waals surface area contributed by atoms with Crippen LogP contribution in [0.3, 0.4) is 0 Å². The fourth-order valence-corrected chi connectivity index (χ4v) is 1.37. The van der Waals surface area contributed by atoms with Gasteiger partial charge in [0.1, 0.15) is 5.75 Å². The van der Waals surface area contributed by atoms with E-state index >= 15 is 0 Å². The third-order valence-corrected chi connectivity index (χ3v) is 2.45. The van der Waals surface area contributed by atoms with E-state index in [9.17, 15) is 5.11 Å². The van der Waals surface area contributed by atoms with Crippen molar-refractivity contribution in [2.75, 3.05) is 0 Å². The van der Waals surface area contributed by atoms with E-state index in [-0.39, 0.29) is 5.75 Å². The van der Waals surface area contributed by atoms with Crippen LogP contribution in [0.5, 0.6) is 5.75 Å². The molecular formula is C9H11Cl2NO. The molecule has 0 saturated carbocycles. The molecule has 4 heteroatoms. The minimum absolute atomic E-state index is 0.0712. The molecule has 0 amide bonds. The number of benzene rings is 1. The van der Waals surface area contributed by atoms with Gasteiger partial charge in [-0.1, -0.05) is 23.2 Å². The molecule has 0 aliphatic rings. The summed E-state index contributed by atoms with van der Waals surface area (Å²) in [6, 6.07) is 2.98. The number of nitrogens with two attached hydrogens (primary N) is 1. The molecule has 1 aromatic rings. The summed E-state index contributed by atoms with van der Waals surface area (Å²) >= 11 is 11.5. The molecule has 0 heterocycles. The molecule has 0 aliphatic heterocycles. The van der Waals surface area contributed by atoms with E-state index in [4.69, 9.17) is 28.9 Å². The molecule has 0 spiro atoms. The Kier molecular flexibility index (Phi) is 2.76. The molecule has 0 fully saturated rings. The lowest BCUT2D eigenvalue weighted by molar-refractivity contribution is 0.440. The Morgan fingerprint density at radius 3 is 2.15 bits per heavy atom. The zero-order valence-corrected chi connectivity index (χ0v) is 8.95. The fraction of sp³-hybridized carbons (Fsp3) is 0.333. The highest BCUT2D eigenvalue weighted by molar-refractivity contribution is 6.42. The monoisotopic (exact) mass is 219 g/mol. The molecule has 0 saturated heterocycles. The quantitative estimate of drug-likeness (QED) is 0.764. The Hall–Kier alpha value is -0.440. The van der Waals surface area contributed by atoms with E-state index in [1.807, 2.05) is 0 Å². The van der Waals surface area contributed by atoms with Crippen LogP contribution in [0.1, 0.15) is 19.4 Å². The van der Waals surface area contributed by atoms with Crippen LogP contribution in [-0.4, -0.2) is 5.11 Å². The summed E-state index contributed by atoms with van der Waals surface area (Å²) < 4.78 is 0. The van der Waals surface area contributed by atoms with E-state index in [2.05, 4.69) is 0 Å². The van der Waals surface area contributed by atoms with Crippen LogP contribution < -0.4 is 5.73 Å². The van der Waals surface area contributed by atoms with Crippen molar-refractivity contribution in [3.05, 3.63) is 27.7 Å². The van der Waals surface area contributed by atoms with Gasteiger partial charge < -0.3 is 10.8 Å². The Balaban J connectivity index is 3.32. The predicted molar refractivity (Wildman–Crippen MR) is 55.3 cm³/mol. The van der Waals surface area contributed by atoms with Gasteiger partial charge in [-0.2, -0.15) is 0 Å². The molecule has 2 nitrogen and oxygen atoms in total. The zero-order chi connectivity index (χ0) is 10.2. The molecule has 0 unspecified atom stereocenters. The van der Waals surface area contributed by atoms with Gasteiger partial charge in [0.05, 0.1) is 10.0 Å². The van der Waals surface area contributed by atoms with Crippen LogP contribution >= 0.6 is 23.2 Å². The molecule has 3 N–H and O–H groups in total. The summed E-state index contributed by atoms with van der Waals surface area (Å²) in [5.41, 5.74) is 5.77. The number of phenolic OH excluding ortho intramolecular Hbond substituents is 1. The van der Waals surface area contributed by atoms with Gasteiger partial charge in [-0.3, -0.25) is 0 Å². The second-order valence-electron chi connectivity index (χ2n) is 3.51. The average molecular weight is 220 g/mol. The summed E-state index contributed by atoms with van der Waals surface area (Å²) in [7, 11) is 0. The second-order valence-corrected chi connectivity index (χ2v) is 4.32. The summed E-state index contributed by atoms with van der Waals surface area (Å²) in [5, 5.41) is 10.3. The lowest BCUT2D eigenvalue weighted by Gasteiger charge is -2.20. The molecule has 0 radical (unpaired) electrons. The SMILES string of the molecule is CC(C)(N)c1cc(Cl)c(Cl)cc1O. The maximum atomic E-state index is 9.53. The van der Waals surface area contributed by atoms with Gasteiger partial charge in [-0.15, -0.1) is 0 Å². The van der Waals surface area contributed by atoms with Gasteiger partial charge >= 0.3 is 0 Å². The van der Waals surface area contributed by atoms with Crippen molar-refractivity contribution in [1.82, 2.24) is 0 Å². The molecule has 13 heavy (non-hydrogen) atoms. The van der Waals surface area contributed by atoms with Crippen LogP contribution in [0, 0.1) is 0 Å². The Labute approximate surface area is 87.3 Å². The number of rotatable bonds is 1. The lowest BCUT2D eigenvalue weighted by Crippen LogP contribution is -2.28. The van der Waals surface area contributed by atoms with Crippen LogP contribution in [0.15, 0.2) is 12.1 Å². The maximum Gasteiger partial charge on any atom is 0.122 e. The third-order valence-electron chi connectivity index (χ3n) is 1.73. The van der Waals surface area contributed by atoms with Gasteiger partial charge in [0.25, 0.3) is 0 Å². The molecule has 0 aromatic heterocycles. The lowest BCUT2D eigenvalue weighted by atomic mass is 9.95. The van der Waals surface area contributed by atoms with Gasteiger partial charge in [0.2, 0.25) is 0 Å². The molecule has 0 aliphatic carbocycles. The highest BCUT2D eigenvalue weighted by Gasteiger charge is 2.19.